The first-order valence-corrected chi connectivity index (χ1v) is 40.5. The van der Waals surface area contributed by atoms with Gasteiger partial charge in [-0.2, -0.15) is 0 Å². The molecule has 5 amide bonds. The third-order valence-electron chi connectivity index (χ3n) is 21.5. The molecule has 15 atom stereocenters. The molecule has 8 bridgehead atoms. The van der Waals surface area contributed by atoms with Crippen molar-refractivity contribution in [3.8, 4) is 44.5 Å². The molecule has 0 spiro atoms. The zero-order valence-electron chi connectivity index (χ0n) is 66.8. The van der Waals surface area contributed by atoms with Crippen molar-refractivity contribution in [1.82, 2.24) is 46.5 Å². The summed E-state index contributed by atoms with van der Waals surface area (Å²) in [5, 5.41) is 135. The minimum absolute atomic E-state index is 0.0421. The van der Waals surface area contributed by atoms with Crippen LogP contribution in [0.3, 0.4) is 0 Å². The van der Waals surface area contributed by atoms with Gasteiger partial charge in [0.25, 0.3) is 5.91 Å². The van der Waals surface area contributed by atoms with Gasteiger partial charge in [-0.3, -0.25) is 24.0 Å². The zero-order valence-corrected chi connectivity index (χ0v) is 66.8. The molecule has 8 heterocycles. The number of ether oxygens (including phenoxy) is 9. The molecule has 35 nitrogen and oxygen atoms in total. The number of aromatic nitrogens is 4. The molecule has 0 unspecified atom stereocenters. The molecular formula is C87H105N9O26. The summed E-state index contributed by atoms with van der Waals surface area (Å²) in [6.07, 6.45) is -15.8. The van der Waals surface area contributed by atoms with E-state index >= 15 is 0 Å². The van der Waals surface area contributed by atoms with Gasteiger partial charge in [-0.15, -0.1) is 0 Å². The highest BCUT2D eigenvalue weighted by Crippen LogP contribution is 2.40. The van der Waals surface area contributed by atoms with Crippen LogP contribution in [-0.4, -0.2) is 314 Å². The van der Waals surface area contributed by atoms with Crippen LogP contribution in [-0.2, 0) is 61.8 Å². The molecular weight excluding hydrogens is 1590 g/mol. The van der Waals surface area contributed by atoms with Gasteiger partial charge in [0.05, 0.1) is 109 Å². The third-order valence-corrected chi connectivity index (χ3v) is 21.5. The van der Waals surface area contributed by atoms with E-state index in [0.717, 1.165) is 61.3 Å². The number of carbonyl (C=O) groups is 5. The van der Waals surface area contributed by atoms with Crippen LogP contribution in [0.4, 0.5) is 0 Å². The lowest BCUT2D eigenvalue weighted by Crippen LogP contribution is -2.59. The first kappa shape index (κ1) is 91.2. The number of nitrogens with one attached hydrogen (secondary N) is 7. The number of carbonyl (C=O) groups excluding carboxylic acids is 5. The average Bonchev–Trinajstić information content (AvgIpc) is 1.60. The molecule has 3 saturated heterocycles. The Morgan fingerprint density at radius 1 is 0.352 bits per heavy atom. The maximum Gasteiger partial charge on any atom is 0.251 e. The Hall–Kier alpha value is -10.0. The van der Waals surface area contributed by atoms with Gasteiger partial charge < -0.3 is 140 Å². The van der Waals surface area contributed by atoms with E-state index in [4.69, 9.17) is 52.6 Å². The van der Waals surface area contributed by atoms with E-state index in [9.17, 15) is 85.3 Å². The third kappa shape index (κ3) is 23.5. The van der Waals surface area contributed by atoms with E-state index < -0.39 is 154 Å². The van der Waals surface area contributed by atoms with E-state index in [1.807, 2.05) is 115 Å². The summed E-state index contributed by atoms with van der Waals surface area (Å²) in [6.45, 7) is -3.65. The van der Waals surface area contributed by atoms with Crippen LogP contribution in [0.5, 0.6) is 0 Å². The predicted octanol–water partition coefficient (Wildman–Crippen LogP) is 1.10. The molecule has 4 aromatic carbocycles. The molecule has 122 heavy (non-hydrogen) atoms. The highest BCUT2D eigenvalue weighted by molar-refractivity contribution is 6.01. The number of aliphatic hydroxyl groups excluding tert-OH is 12. The van der Waals surface area contributed by atoms with Crippen LogP contribution in [0, 0.1) is 0 Å². The van der Waals surface area contributed by atoms with Gasteiger partial charge in [0.2, 0.25) is 23.6 Å². The number of H-pyrrole nitrogens is 2. The number of nitrogens with zero attached hydrogens (tertiary/aromatic N) is 2. The van der Waals surface area contributed by atoms with Crippen molar-refractivity contribution in [2.45, 2.75) is 136 Å². The van der Waals surface area contributed by atoms with Crippen LogP contribution >= 0.6 is 0 Å². The summed E-state index contributed by atoms with van der Waals surface area (Å²) in [5.74, 6) is -3.00. The maximum absolute atomic E-state index is 14.6. The lowest BCUT2D eigenvalue weighted by molar-refractivity contribution is -0.302. The van der Waals surface area contributed by atoms with Crippen molar-refractivity contribution >= 4 is 75.9 Å². The largest absolute Gasteiger partial charge is 0.394 e. The highest BCUT2D eigenvalue weighted by Gasteiger charge is 2.47. The molecule has 5 aliphatic heterocycles. The minimum atomic E-state index is -1.66. The smallest absolute Gasteiger partial charge is 0.251 e. The Morgan fingerprint density at radius 3 is 0.959 bits per heavy atom. The van der Waals surface area contributed by atoms with Crippen LogP contribution in [0.1, 0.15) is 71.7 Å². The minimum Gasteiger partial charge on any atom is -0.394 e. The van der Waals surface area contributed by atoms with Crippen molar-refractivity contribution in [3.05, 3.63) is 168 Å². The molecule has 3 aromatic heterocycles. The Balaban J connectivity index is 0.768. The quantitative estimate of drug-likeness (QED) is 0.0239. The predicted molar refractivity (Wildman–Crippen MR) is 442 cm³/mol. The summed E-state index contributed by atoms with van der Waals surface area (Å²) in [5.41, 5.74) is 11.3. The molecule has 3 fully saturated rings. The summed E-state index contributed by atoms with van der Waals surface area (Å²) < 4.78 is 49.5. The number of hydrogen-bond donors (Lipinski definition) is 19. The second-order valence-electron chi connectivity index (χ2n) is 29.8. The molecule has 7 aromatic rings. The Kier molecular flexibility index (Phi) is 33.2. The van der Waals surface area contributed by atoms with Gasteiger partial charge in [0.1, 0.15) is 73.2 Å². The molecule has 0 aliphatic carbocycles. The van der Waals surface area contributed by atoms with Gasteiger partial charge in [0, 0.05) is 94.3 Å². The lowest BCUT2D eigenvalue weighted by Gasteiger charge is -2.39. The van der Waals surface area contributed by atoms with E-state index in [1.54, 1.807) is 24.3 Å². The molecule has 0 radical (unpaired) electrons. The fourth-order valence-corrected chi connectivity index (χ4v) is 14.9. The topological polar surface area (TPSA) is 529 Å². The maximum atomic E-state index is 14.6. The van der Waals surface area contributed by atoms with E-state index in [2.05, 4.69) is 60.8 Å². The molecule has 0 saturated carbocycles. The van der Waals surface area contributed by atoms with Gasteiger partial charge in [-0.05, 0) is 102 Å². The first-order valence-electron chi connectivity index (χ1n) is 40.5. The number of rotatable bonds is 41. The van der Waals surface area contributed by atoms with Crippen LogP contribution < -0.4 is 26.6 Å². The van der Waals surface area contributed by atoms with Gasteiger partial charge in [0.15, 0.2) is 18.9 Å². The molecule has 12 rings (SSSR count). The van der Waals surface area contributed by atoms with Crippen LogP contribution in [0.25, 0.3) is 90.9 Å². The lowest BCUT2D eigenvalue weighted by atomic mass is 9.83. The summed E-state index contributed by atoms with van der Waals surface area (Å²) >= 11 is 0. The number of aromatic amines is 2. The Bertz CT molecular complexity index is 4650. The Morgan fingerprint density at radius 2 is 0.656 bits per heavy atom. The molecule has 19 N–H and O–H groups in total. The van der Waals surface area contributed by atoms with Crippen LogP contribution in [0.2, 0.25) is 0 Å². The SMILES string of the molecule is O=C(CCC(CCC(=O)NCCOCCO[C@H]1O[C@H](CO)[C@@H](O)[C@H](O)[C@@H]1O)(CCC(=O)NCCOCCO[C@H]1O[C@H](CO)[C@@H](O)[C@H](O)[C@@H]1O)NC(=O)CNC(=O)c1ccc(-c2c3nc(c(-c4ccccc4)c4ccc([nH]4)c(-c4ccccc4)c4nc(c(-c5ccccc5)c5ccc2[nH]5)C=C4)C=C3)cc1)NCCOCCO[C@H]1O[C@H](CO)[C@@H](O)[C@H](O)[C@@H]1O. The first-order chi connectivity index (χ1) is 59.1. The van der Waals surface area contributed by atoms with E-state index in [1.165, 1.54) is 0 Å². The van der Waals surface area contributed by atoms with Gasteiger partial charge in [-0.1, -0.05) is 103 Å². The van der Waals surface area contributed by atoms with Crippen molar-refractivity contribution in [2.24, 2.45) is 0 Å². The second-order valence-corrected chi connectivity index (χ2v) is 29.8. The molecule has 35 heteroatoms. The van der Waals surface area contributed by atoms with Crippen molar-refractivity contribution in [1.29, 1.82) is 0 Å². The van der Waals surface area contributed by atoms with E-state index in [0.29, 0.717) is 28.0 Å². The number of amides is 5. The van der Waals surface area contributed by atoms with Crippen LogP contribution in [0.15, 0.2) is 140 Å². The fourth-order valence-electron chi connectivity index (χ4n) is 14.9. The standard InChI is InChI=1S/C87H105N9O26/c97-47-63-74(104)77(107)80(110)84(120-63)117-43-40-114-37-34-88-66(100)28-31-87(32-29-67(101)89-35-38-115-41-44-118-85-81(111)78(108)75(105)64(48-98)121-85,33-30-68(102)90-36-39-116-42-45-119-86-82(112)79(109)76(106)65(49-99)122-86)96-69(103)46-91-83(113)54-18-16-53(17-19-54)73-61-26-24-59(94-61)71(51-12-6-2-7-13-51)57-22-20-55(92-57)70(50-10-4-1-5-11-50)56-21-23-58(93-56)72(52-14-8-3-9-15-52)60-25-27-62(73)95-60/h1-27,63-65,74-82,84-86,92,95,97-99,104-112H,28-49H2,(H,88,100)(H,89,101)(H,90,102)(H,91,113)(H,96,103)/t63-,64-,65-,74-,75-,76-,77+,78+,79+,80+,81+,82+,84+,85+,86+/m1/s1. The number of benzene rings is 4. The number of aliphatic hydroxyl groups is 12. The summed E-state index contributed by atoms with van der Waals surface area (Å²) in [4.78, 5) is 88.9. The van der Waals surface area contributed by atoms with Crippen molar-refractivity contribution in [2.75, 3.05) is 105 Å². The van der Waals surface area contributed by atoms with Crippen molar-refractivity contribution < 1.29 is 128 Å². The van der Waals surface area contributed by atoms with Gasteiger partial charge in [-0.25, -0.2) is 9.97 Å². The van der Waals surface area contributed by atoms with E-state index in [-0.39, 0.29) is 123 Å². The molecule has 5 aliphatic rings. The second kappa shape index (κ2) is 44.4. The normalized spacial score (nSPS) is 23.3. The average molecular weight is 1690 g/mol. The van der Waals surface area contributed by atoms with Gasteiger partial charge >= 0.3 is 0 Å². The number of hydrogen-bond acceptors (Lipinski definition) is 28. The fraction of sp³-hybridized carbons (Fsp3) is 0.437. The Labute approximate surface area is 701 Å². The monoisotopic (exact) mass is 1690 g/mol. The zero-order chi connectivity index (χ0) is 86.2. The van der Waals surface area contributed by atoms with Crippen molar-refractivity contribution in [3.63, 3.8) is 0 Å². The number of fused-ring (bicyclic) bond motifs is 8. The molecule has 654 valence electrons. The summed E-state index contributed by atoms with van der Waals surface area (Å²) in [6, 6.07) is 45.0. The highest BCUT2D eigenvalue weighted by atomic mass is 16.7. The summed E-state index contributed by atoms with van der Waals surface area (Å²) in [7, 11) is 0.